The first kappa shape index (κ1) is 13.7. The monoisotopic (exact) mass is 263 g/mol. The summed E-state index contributed by atoms with van der Waals surface area (Å²) in [6, 6.07) is 5.67. The Morgan fingerprint density at radius 1 is 1.53 bits per heavy atom. The third-order valence-corrected chi connectivity index (χ3v) is 3.61. The van der Waals surface area contributed by atoms with Crippen molar-refractivity contribution in [2.45, 2.75) is 19.4 Å². The van der Waals surface area contributed by atoms with E-state index in [2.05, 4.69) is 4.90 Å². The van der Waals surface area contributed by atoms with E-state index in [0.29, 0.717) is 5.69 Å². The molecular weight excluding hydrogens is 242 g/mol. The first-order valence-corrected chi connectivity index (χ1v) is 6.54. The highest BCUT2D eigenvalue weighted by molar-refractivity contribution is 5.76. The molecule has 1 heterocycles. The molecule has 1 amide bonds. The van der Waals surface area contributed by atoms with Gasteiger partial charge in [0.05, 0.1) is 13.0 Å². The molecule has 5 nitrogen and oxygen atoms in total. The van der Waals surface area contributed by atoms with Gasteiger partial charge in [-0.1, -0.05) is 6.07 Å². The van der Waals surface area contributed by atoms with E-state index in [1.54, 1.807) is 7.11 Å². The maximum absolute atomic E-state index is 11.3. The van der Waals surface area contributed by atoms with Gasteiger partial charge in [0.1, 0.15) is 5.75 Å². The van der Waals surface area contributed by atoms with E-state index in [9.17, 15) is 4.79 Å². The van der Waals surface area contributed by atoms with Gasteiger partial charge in [0.25, 0.3) is 0 Å². The van der Waals surface area contributed by atoms with Crippen molar-refractivity contribution in [2.75, 3.05) is 25.9 Å². The Balaban J connectivity index is 2.06. The molecule has 0 radical (unpaired) electrons. The number of likely N-dealkylation sites (tertiary alicyclic amines) is 1. The van der Waals surface area contributed by atoms with Crippen LogP contribution in [0.25, 0.3) is 0 Å². The molecule has 0 aliphatic carbocycles. The van der Waals surface area contributed by atoms with E-state index in [4.69, 9.17) is 16.2 Å². The molecule has 4 N–H and O–H groups in total. The fourth-order valence-corrected chi connectivity index (χ4v) is 2.56. The number of nitrogens with two attached hydrogens (primary N) is 2. The molecular formula is C14H21N3O2. The van der Waals surface area contributed by atoms with Gasteiger partial charge in [-0.3, -0.25) is 9.69 Å². The first-order valence-electron chi connectivity index (χ1n) is 6.54. The van der Waals surface area contributed by atoms with Crippen molar-refractivity contribution in [2.24, 2.45) is 11.7 Å². The highest BCUT2D eigenvalue weighted by Gasteiger charge is 2.24. The third kappa shape index (κ3) is 3.38. The van der Waals surface area contributed by atoms with Crippen LogP contribution in [0.15, 0.2) is 18.2 Å². The smallest absolute Gasteiger partial charge is 0.221 e. The van der Waals surface area contributed by atoms with Crippen molar-refractivity contribution >= 4 is 11.6 Å². The number of methoxy groups -OCH3 is 1. The molecule has 1 aromatic rings. The number of hydrogen-bond acceptors (Lipinski definition) is 4. The van der Waals surface area contributed by atoms with Gasteiger partial charge in [0.2, 0.25) is 5.91 Å². The van der Waals surface area contributed by atoms with Crippen molar-refractivity contribution in [1.29, 1.82) is 0 Å². The van der Waals surface area contributed by atoms with Gasteiger partial charge < -0.3 is 16.2 Å². The Bertz CT molecular complexity index is 462. The molecule has 5 heteroatoms. The van der Waals surface area contributed by atoms with Gasteiger partial charge in [-0.2, -0.15) is 0 Å². The zero-order valence-corrected chi connectivity index (χ0v) is 11.3. The Labute approximate surface area is 113 Å². The fraction of sp³-hybridized carbons (Fsp3) is 0.500. The molecule has 1 aliphatic heterocycles. The van der Waals surface area contributed by atoms with E-state index in [-0.39, 0.29) is 11.8 Å². The van der Waals surface area contributed by atoms with Crippen LogP contribution in [0, 0.1) is 5.92 Å². The van der Waals surface area contributed by atoms with E-state index in [1.807, 2.05) is 18.2 Å². The Kier molecular flexibility index (Phi) is 4.27. The van der Waals surface area contributed by atoms with Gasteiger partial charge in [-0.15, -0.1) is 0 Å². The number of rotatable bonds is 4. The number of hydrogen-bond donors (Lipinski definition) is 2. The molecule has 1 atom stereocenters. The van der Waals surface area contributed by atoms with Crippen LogP contribution in [0.2, 0.25) is 0 Å². The van der Waals surface area contributed by atoms with Crippen LogP contribution in [0.5, 0.6) is 5.75 Å². The number of nitrogens with zero attached hydrogens (tertiary/aromatic N) is 1. The molecule has 0 bridgehead atoms. The van der Waals surface area contributed by atoms with E-state index in [0.717, 1.165) is 43.8 Å². The normalized spacial score (nSPS) is 20.2. The number of amides is 1. The summed E-state index contributed by atoms with van der Waals surface area (Å²) in [5, 5.41) is 0. The zero-order chi connectivity index (χ0) is 13.8. The minimum absolute atomic E-state index is 0.0338. The highest BCUT2D eigenvalue weighted by Crippen LogP contribution is 2.25. The lowest BCUT2D eigenvalue weighted by atomic mass is 9.97. The summed E-state index contributed by atoms with van der Waals surface area (Å²) in [7, 11) is 1.64. The summed E-state index contributed by atoms with van der Waals surface area (Å²) in [5.74, 6) is 0.559. The van der Waals surface area contributed by atoms with Gasteiger partial charge in [0.15, 0.2) is 0 Å². The summed E-state index contributed by atoms with van der Waals surface area (Å²) >= 11 is 0. The van der Waals surface area contributed by atoms with Crippen molar-refractivity contribution in [3.63, 3.8) is 0 Å². The Morgan fingerprint density at radius 3 is 3.00 bits per heavy atom. The minimum atomic E-state index is -0.200. The quantitative estimate of drug-likeness (QED) is 0.793. The SMILES string of the molecule is COc1cc(N)ccc1CN1CCCC(C(N)=O)C1. The zero-order valence-electron chi connectivity index (χ0n) is 11.3. The summed E-state index contributed by atoms with van der Waals surface area (Å²) < 4.78 is 5.34. The number of primary amides is 1. The lowest BCUT2D eigenvalue weighted by molar-refractivity contribution is -0.123. The van der Waals surface area contributed by atoms with Crippen LogP contribution in [0.4, 0.5) is 5.69 Å². The largest absolute Gasteiger partial charge is 0.496 e. The van der Waals surface area contributed by atoms with Crippen LogP contribution >= 0.6 is 0 Å². The summed E-state index contributed by atoms with van der Waals surface area (Å²) in [4.78, 5) is 13.5. The second-order valence-electron chi connectivity index (χ2n) is 5.05. The highest BCUT2D eigenvalue weighted by atomic mass is 16.5. The molecule has 104 valence electrons. The Morgan fingerprint density at radius 2 is 2.32 bits per heavy atom. The molecule has 1 saturated heterocycles. The number of nitrogen functional groups attached to an aromatic ring is 1. The molecule has 1 aromatic carbocycles. The van der Waals surface area contributed by atoms with Gasteiger partial charge in [-0.25, -0.2) is 0 Å². The number of carbonyl (C=O) groups is 1. The fourth-order valence-electron chi connectivity index (χ4n) is 2.56. The average molecular weight is 263 g/mol. The summed E-state index contributed by atoms with van der Waals surface area (Å²) in [6.07, 6.45) is 1.90. The lowest BCUT2D eigenvalue weighted by Gasteiger charge is -2.31. The van der Waals surface area contributed by atoms with Gasteiger partial charge in [-0.05, 0) is 25.5 Å². The number of benzene rings is 1. The molecule has 1 unspecified atom stereocenters. The van der Waals surface area contributed by atoms with E-state index >= 15 is 0 Å². The maximum atomic E-state index is 11.3. The number of anilines is 1. The van der Waals surface area contributed by atoms with Crippen LogP contribution in [-0.4, -0.2) is 31.0 Å². The van der Waals surface area contributed by atoms with Gasteiger partial charge >= 0.3 is 0 Å². The summed E-state index contributed by atoms with van der Waals surface area (Å²) in [5.41, 5.74) is 12.9. The molecule has 2 rings (SSSR count). The molecule has 1 aliphatic rings. The third-order valence-electron chi connectivity index (χ3n) is 3.61. The number of piperidine rings is 1. The van der Waals surface area contributed by atoms with Crippen LogP contribution < -0.4 is 16.2 Å². The van der Waals surface area contributed by atoms with E-state index < -0.39 is 0 Å². The molecule has 1 fully saturated rings. The van der Waals surface area contributed by atoms with Crippen LogP contribution in [0.1, 0.15) is 18.4 Å². The maximum Gasteiger partial charge on any atom is 0.221 e. The molecule has 0 saturated carbocycles. The average Bonchev–Trinajstić information content (AvgIpc) is 2.41. The topological polar surface area (TPSA) is 81.6 Å². The molecule has 0 spiro atoms. The van der Waals surface area contributed by atoms with Crippen molar-refractivity contribution in [3.8, 4) is 5.75 Å². The predicted octanol–water partition coefficient (Wildman–Crippen LogP) is 0.975. The molecule has 19 heavy (non-hydrogen) atoms. The van der Waals surface area contributed by atoms with Crippen molar-refractivity contribution in [1.82, 2.24) is 4.90 Å². The van der Waals surface area contributed by atoms with Crippen LogP contribution in [-0.2, 0) is 11.3 Å². The van der Waals surface area contributed by atoms with Gasteiger partial charge in [0, 0.05) is 30.4 Å². The second-order valence-corrected chi connectivity index (χ2v) is 5.05. The molecule has 0 aromatic heterocycles. The number of ether oxygens (including phenoxy) is 1. The first-order chi connectivity index (χ1) is 9.10. The van der Waals surface area contributed by atoms with Crippen molar-refractivity contribution in [3.05, 3.63) is 23.8 Å². The second kappa shape index (κ2) is 5.93. The number of carbonyl (C=O) groups excluding carboxylic acids is 1. The Hall–Kier alpha value is -1.75. The standard InChI is InChI=1S/C14H21N3O2/c1-19-13-7-12(15)5-4-10(13)8-17-6-2-3-11(9-17)14(16)18/h4-5,7,11H,2-3,6,8-9,15H2,1H3,(H2,16,18). The van der Waals surface area contributed by atoms with Crippen molar-refractivity contribution < 1.29 is 9.53 Å². The van der Waals surface area contributed by atoms with Crippen LogP contribution in [0.3, 0.4) is 0 Å². The summed E-state index contributed by atoms with van der Waals surface area (Å²) in [6.45, 7) is 2.47. The van der Waals surface area contributed by atoms with E-state index in [1.165, 1.54) is 0 Å². The minimum Gasteiger partial charge on any atom is -0.496 e. The predicted molar refractivity (Wildman–Crippen MR) is 74.6 cm³/mol. The lowest BCUT2D eigenvalue weighted by Crippen LogP contribution is -2.40.